The van der Waals surface area contributed by atoms with Gasteiger partial charge < -0.3 is 20.3 Å². The lowest BCUT2D eigenvalue weighted by atomic mass is 10.0. The van der Waals surface area contributed by atoms with Crippen LogP contribution in [-0.2, 0) is 14.3 Å². The molecule has 3 N–H and O–H groups in total. The van der Waals surface area contributed by atoms with E-state index in [1.807, 2.05) is 0 Å². The summed E-state index contributed by atoms with van der Waals surface area (Å²) >= 11 is 0. The number of allylic oxidation sites excluding steroid dienone is 2. The lowest BCUT2D eigenvalue weighted by Crippen LogP contribution is -2.45. The van der Waals surface area contributed by atoms with Gasteiger partial charge in [-0.15, -0.1) is 0 Å². The monoisotopic (exact) mass is 988 g/mol. The van der Waals surface area contributed by atoms with Crippen LogP contribution in [0.4, 0.5) is 0 Å². The molecule has 1 amide bonds. The summed E-state index contributed by atoms with van der Waals surface area (Å²) < 4.78 is 5.48. The molecule has 0 aliphatic carbocycles. The van der Waals surface area contributed by atoms with Gasteiger partial charge in [0.15, 0.2) is 0 Å². The van der Waals surface area contributed by atoms with E-state index in [1.165, 1.54) is 283 Å². The van der Waals surface area contributed by atoms with Crippen LogP contribution >= 0.6 is 0 Å². The maximum atomic E-state index is 12.5. The summed E-state index contributed by atoms with van der Waals surface area (Å²) in [6.45, 7) is 4.96. The Morgan fingerprint density at radius 3 is 1.03 bits per heavy atom. The summed E-state index contributed by atoms with van der Waals surface area (Å²) in [6.07, 6.45) is 72.4. The van der Waals surface area contributed by atoms with Crippen LogP contribution in [0.1, 0.15) is 361 Å². The van der Waals surface area contributed by atoms with E-state index in [4.69, 9.17) is 4.74 Å². The van der Waals surface area contributed by atoms with Gasteiger partial charge in [-0.1, -0.05) is 309 Å². The summed E-state index contributed by atoms with van der Waals surface area (Å²) in [5.74, 6) is -0.0211. The van der Waals surface area contributed by atoms with Crippen molar-refractivity contribution >= 4 is 11.9 Å². The van der Waals surface area contributed by atoms with E-state index in [9.17, 15) is 19.8 Å². The molecule has 0 aromatic carbocycles. The van der Waals surface area contributed by atoms with Crippen LogP contribution in [0.15, 0.2) is 12.2 Å². The van der Waals surface area contributed by atoms with E-state index in [0.717, 1.165) is 44.9 Å². The number of hydrogen-bond donors (Lipinski definition) is 3. The van der Waals surface area contributed by atoms with Gasteiger partial charge in [-0.05, 0) is 51.4 Å². The van der Waals surface area contributed by atoms with Gasteiger partial charge in [-0.3, -0.25) is 9.59 Å². The average molecular weight is 989 g/mol. The predicted molar refractivity (Wildman–Crippen MR) is 306 cm³/mol. The summed E-state index contributed by atoms with van der Waals surface area (Å²) in [4.78, 5) is 24.5. The lowest BCUT2D eigenvalue weighted by Gasteiger charge is -2.22. The number of aliphatic hydroxyl groups excluding tert-OH is 2. The Morgan fingerprint density at radius 1 is 0.386 bits per heavy atom. The molecule has 0 bridgehead atoms. The van der Waals surface area contributed by atoms with E-state index in [1.54, 1.807) is 0 Å². The molecule has 0 radical (unpaired) electrons. The highest BCUT2D eigenvalue weighted by atomic mass is 16.5. The van der Waals surface area contributed by atoms with Crippen LogP contribution in [0.25, 0.3) is 0 Å². The predicted octanol–water partition coefficient (Wildman–Crippen LogP) is 20.0. The van der Waals surface area contributed by atoms with Gasteiger partial charge in [0, 0.05) is 12.8 Å². The Kier molecular flexibility index (Phi) is 59.0. The fraction of sp³-hybridized carbons (Fsp3) is 0.938. The van der Waals surface area contributed by atoms with E-state index in [2.05, 4.69) is 31.3 Å². The smallest absolute Gasteiger partial charge is 0.305 e. The number of hydrogen-bond acceptors (Lipinski definition) is 5. The molecule has 6 heteroatoms. The minimum absolute atomic E-state index is 0.00934. The first-order valence-corrected chi connectivity index (χ1v) is 31.9. The summed E-state index contributed by atoms with van der Waals surface area (Å²) in [6, 6.07) is -0.538. The second kappa shape index (κ2) is 60.2. The molecule has 2 unspecified atom stereocenters. The molecule has 0 aromatic rings. The van der Waals surface area contributed by atoms with Crippen molar-refractivity contribution in [3.05, 3.63) is 12.2 Å². The number of esters is 1. The van der Waals surface area contributed by atoms with Gasteiger partial charge in [0.05, 0.1) is 25.4 Å². The average Bonchev–Trinajstić information content (AvgIpc) is 3.36. The molecular formula is C64H125NO5. The molecule has 0 spiro atoms. The van der Waals surface area contributed by atoms with Crippen molar-refractivity contribution in [2.45, 2.75) is 373 Å². The fourth-order valence-corrected chi connectivity index (χ4v) is 10.2. The molecule has 2 atom stereocenters. The van der Waals surface area contributed by atoms with Crippen molar-refractivity contribution in [2.75, 3.05) is 13.2 Å². The van der Waals surface area contributed by atoms with Crippen molar-refractivity contribution in [3.63, 3.8) is 0 Å². The molecular weight excluding hydrogens is 863 g/mol. The van der Waals surface area contributed by atoms with Crippen molar-refractivity contribution in [3.8, 4) is 0 Å². The molecule has 70 heavy (non-hydrogen) atoms. The number of ether oxygens (including phenoxy) is 1. The van der Waals surface area contributed by atoms with Crippen LogP contribution in [0.2, 0.25) is 0 Å². The molecule has 0 aromatic heterocycles. The second-order valence-corrected chi connectivity index (χ2v) is 22.1. The molecule has 6 nitrogen and oxygen atoms in total. The second-order valence-electron chi connectivity index (χ2n) is 22.1. The first kappa shape index (κ1) is 68.6. The molecule has 0 heterocycles. The van der Waals surface area contributed by atoms with Gasteiger partial charge in [0.25, 0.3) is 0 Å². The normalized spacial score (nSPS) is 12.6. The first-order chi connectivity index (χ1) is 34.5. The minimum Gasteiger partial charge on any atom is -0.466 e. The first-order valence-electron chi connectivity index (χ1n) is 31.9. The van der Waals surface area contributed by atoms with Crippen LogP contribution in [0, 0.1) is 0 Å². The summed E-state index contributed by atoms with van der Waals surface area (Å²) in [5.41, 5.74) is 0. The van der Waals surface area contributed by atoms with E-state index in [0.29, 0.717) is 25.9 Å². The highest BCUT2D eigenvalue weighted by molar-refractivity contribution is 5.76. The van der Waals surface area contributed by atoms with Crippen molar-refractivity contribution in [1.82, 2.24) is 5.32 Å². The minimum atomic E-state index is -0.661. The highest BCUT2D eigenvalue weighted by Crippen LogP contribution is 2.18. The molecule has 416 valence electrons. The number of aliphatic hydroxyl groups is 2. The quantitative estimate of drug-likeness (QED) is 0.0321. The Hall–Kier alpha value is -1.40. The molecule has 0 fully saturated rings. The number of unbranched alkanes of at least 4 members (excludes halogenated alkanes) is 47. The van der Waals surface area contributed by atoms with Crippen molar-refractivity contribution in [1.29, 1.82) is 0 Å². The third-order valence-electron chi connectivity index (χ3n) is 15.1. The largest absolute Gasteiger partial charge is 0.466 e. The van der Waals surface area contributed by atoms with Gasteiger partial charge in [0.1, 0.15) is 0 Å². The third kappa shape index (κ3) is 55.9. The molecule has 0 aliphatic rings. The number of carbonyl (C=O) groups excluding carboxylic acids is 2. The molecule has 0 saturated heterocycles. The zero-order valence-corrected chi connectivity index (χ0v) is 47.5. The van der Waals surface area contributed by atoms with E-state index >= 15 is 0 Å². The van der Waals surface area contributed by atoms with Crippen LogP contribution in [0.3, 0.4) is 0 Å². The van der Waals surface area contributed by atoms with E-state index < -0.39 is 12.1 Å². The molecule has 0 saturated carbocycles. The lowest BCUT2D eigenvalue weighted by molar-refractivity contribution is -0.143. The highest BCUT2D eigenvalue weighted by Gasteiger charge is 2.20. The number of rotatable bonds is 60. The zero-order chi connectivity index (χ0) is 50.7. The fourth-order valence-electron chi connectivity index (χ4n) is 10.2. The summed E-state index contributed by atoms with van der Waals surface area (Å²) in [7, 11) is 0. The zero-order valence-electron chi connectivity index (χ0n) is 47.5. The van der Waals surface area contributed by atoms with Gasteiger partial charge in [-0.25, -0.2) is 0 Å². The molecule has 0 aliphatic heterocycles. The van der Waals surface area contributed by atoms with Crippen LogP contribution in [-0.4, -0.2) is 47.4 Å². The molecule has 0 rings (SSSR count). The van der Waals surface area contributed by atoms with Gasteiger partial charge in [0.2, 0.25) is 5.91 Å². The van der Waals surface area contributed by atoms with Crippen molar-refractivity contribution in [2.24, 2.45) is 0 Å². The third-order valence-corrected chi connectivity index (χ3v) is 15.1. The number of nitrogens with one attached hydrogen (secondary N) is 1. The number of carbonyl (C=O) groups is 2. The van der Waals surface area contributed by atoms with Crippen LogP contribution < -0.4 is 5.32 Å². The maximum Gasteiger partial charge on any atom is 0.305 e. The standard InChI is InChI=1S/C64H125NO5/c1-3-5-7-9-11-13-15-32-36-40-44-48-52-56-62(67)61(60-66)65-63(68)57-53-49-45-41-37-34-30-28-26-24-22-20-18-17-19-21-23-25-27-29-31-35-39-43-47-51-55-59-70-64(69)58-54-50-46-42-38-33-16-14-12-10-8-6-4-2/h14,16,61-62,66-67H,3-13,15,17-60H2,1-2H3,(H,65,68)/b16-14-. The topological polar surface area (TPSA) is 95.9 Å². The van der Waals surface area contributed by atoms with Gasteiger partial charge >= 0.3 is 5.97 Å². The number of amides is 1. The SMILES string of the molecule is CCCCCC/C=C\CCCCCCCC(=O)OCCCCCCCCCCCCCCCCCCCCCCCCCCCCCC(=O)NC(CO)C(O)CCCCCCCCCCCCCCC. The van der Waals surface area contributed by atoms with E-state index in [-0.39, 0.29) is 18.5 Å². The maximum absolute atomic E-state index is 12.5. The Labute approximate surface area is 438 Å². The van der Waals surface area contributed by atoms with Crippen molar-refractivity contribution < 1.29 is 24.5 Å². The Bertz CT molecular complexity index is 1050. The van der Waals surface area contributed by atoms with Gasteiger partial charge in [-0.2, -0.15) is 0 Å². The Balaban J connectivity index is 3.33. The van der Waals surface area contributed by atoms with Crippen LogP contribution in [0.5, 0.6) is 0 Å². The summed E-state index contributed by atoms with van der Waals surface area (Å²) in [5, 5.41) is 23.3. The Morgan fingerprint density at radius 2 is 0.671 bits per heavy atom.